The van der Waals surface area contributed by atoms with Gasteiger partial charge in [0.05, 0.1) is 5.56 Å². The fourth-order valence-electron chi connectivity index (χ4n) is 3.71. The second-order valence-corrected chi connectivity index (χ2v) is 5.74. The standard InChI is InChI=1S/C15H18F3N/c16-15(17,18)12-5-1-3-10(7-12)13-6-2-4-11-8-19-9-14(11)13/h1,3,5,7,11,13-14,19H,2,4,6,8-9H2/t11?,13-,14?/m1/s1. The Kier molecular flexibility index (Phi) is 3.29. The minimum Gasteiger partial charge on any atom is -0.316 e. The van der Waals surface area contributed by atoms with Crippen LogP contribution < -0.4 is 5.32 Å². The number of hydrogen-bond donors (Lipinski definition) is 1. The van der Waals surface area contributed by atoms with Crippen LogP contribution in [0, 0.1) is 11.8 Å². The quantitative estimate of drug-likeness (QED) is 0.817. The van der Waals surface area contributed by atoms with Gasteiger partial charge in [-0.15, -0.1) is 0 Å². The monoisotopic (exact) mass is 269 g/mol. The van der Waals surface area contributed by atoms with Gasteiger partial charge in [0.15, 0.2) is 0 Å². The number of fused-ring (bicyclic) bond motifs is 1. The largest absolute Gasteiger partial charge is 0.416 e. The zero-order valence-corrected chi connectivity index (χ0v) is 10.7. The van der Waals surface area contributed by atoms with E-state index in [2.05, 4.69) is 5.32 Å². The molecule has 1 nitrogen and oxygen atoms in total. The van der Waals surface area contributed by atoms with Gasteiger partial charge in [-0.2, -0.15) is 13.2 Å². The molecule has 104 valence electrons. The summed E-state index contributed by atoms with van der Waals surface area (Å²) < 4.78 is 38.4. The Balaban J connectivity index is 1.89. The lowest BCUT2D eigenvalue weighted by atomic mass is 9.71. The van der Waals surface area contributed by atoms with Crippen LogP contribution in [0.3, 0.4) is 0 Å². The van der Waals surface area contributed by atoms with Gasteiger partial charge >= 0.3 is 6.18 Å². The van der Waals surface area contributed by atoms with Crippen molar-refractivity contribution < 1.29 is 13.2 Å². The van der Waals surface area contributed by atoms with Gasteiger partial charge in [0.1, 0.15) is 0 Å². The molecule has 4 heteroatoms. The molecular weight excluding hydrogens is 251 g/mol. The predicted molar refractivity (Wildman–Crippen MR) is 67.9 cm³/mol. The summed E-state index contributed by atoms with van der Waals surface area (Å²) in [4.78, 5) is 0. The lowest BCUT2D eigenvalue weighted by molar-refractivity contribution is -0.137. The van der Waals surface area contributed by atoms with Gasteiger partial charge < -0.3 is 5.32 Å². The third kappa shape index (κ3) is 2.50. The fraction of sp³-hybridized carbons (Fsp3) is 0.600. The fourth-order valence-corrected chi connectivity index (χ4v) is 3.71. The van der Waals surface area contributed by atoms with Crippen LogP contribution >= 0.6 is 0 Å². The van der Waals surface area contributed by atoms with E-state index in [1.54, 1.807) is 6.07 Å². The van der Waals surface area contributed by atoms with Crippen LogP contribution in [0.25, 0.3) is 0 Å². The summed E-state index contributed by atoms with van der Waals surface area (Å²) in [5.74, 6) is 1.45. The molecule has 2 unspecified atom stereocenters. The molecule has 1 saturated carbocycles. The molecule has 3 rings (SSSR count). The van der Waals surface area contributed by atoms with Crippen molar-refractivity contribution in [1.29, 1.82) is 0 Å². The van der Waals surface area contributed by atoms with Crippen LogP contribution in [0.1, 0.15) is 36.3 Å². The maximum absolute atomic E-state index is 12.8. The average Bonchev–Trinajstić information content (AvgIpc) is 2.86. The van der Waals surface area contributed by atoms with E-state index in [0.717, 1.165) is 37.6 Å². The van der Waals surface area contributed by atoms with E-state index in [4.69, 9.17) is 0 Å². The summed E-state index contributed by atoms with van der Waals surface area (Å²) in [5, 5.41) is 3.39. The molecule has 1 aromatic rings. The highest BCUT2D eigenvalue weighted by molar-refractivity contribution is 5.29. The first-order valence-corrected chi connectivity index (χ1v) is 6.93. The Hall–Kier alpha value is -1.03. The molecular formula is C15H18F3N. The first-order chi connectivity index (χ1) is 9.05. The van der Waals surface area contributed by atoms with Crippen molar-refractivity contribution in [3.05, 3.63) is 35.4 Å². The minimum atomic E-state index is -4.24. The first-order valence-electron chi connectivity index (χ1n) is 6.93. The molecule has 0 aromatic heterocycles. The van der Waals surface area contributed by atoms with E-state index < -0.39 is 11.7 Å². The summed E-state index contributed by atoms with van der Waals surface area (Å²) >= 11 is 0. The molecule has 0 spiro atoms. The summed E-state index contributed by atoms with van der Waals surface area (Å²) in [6, 6.07) is 5.92. The van der Waals surface area contributed by atoms with Crippen molar-refractivity contribution in [3.63, 3.8) is 0 Å². The van der Waals surface area contributed by atoms with Crippen LogP contribution in [-0.4, -0.2) is 13.1 Å². The highest BCUT2D eigenvalue weighted by Gasteiger charge is 2.38. The molecule has 0 bridgehead atoms. The molecule has 1 N–H and O–H groups in total. The van der Waals surface area contributed by atoms with E-state index in [0.29, 0.717) is 11.8 Å². The van der Waals surface area contributed by atoms with E-state index in [1.165, 1.54) is 12.5 Å². The van der Waals surface area contributed by atoms with Gasteiger partial charge in [0.25, 0.3) is 0 Å². The number of nitrogens with one attached hydrogen (secondary N) is 1. The van der Waals surface area contributed by atoms with E-state index >= 15 is 0 Å². The Labute approximate surface area is 111 Å². The zero-order chi connectivity index (χ0) is 13.5. The molecule has 0 amide bonds. The van der Waals surface area contributed by atoms with Crippen molar-refractivity contribution in [2.45, 2.75) is 31.4 Å². The van der Waals surface area contributed by atoms with Crippen LogP contribution in [0.2, 0.25) is 0 Å². The summed E-state index contributed by atoms with van der Waals surface area (Å²) in [5.41, 5.74) is 0.353. The maximum atomic E-state index is 12.8. The molecule has 19 heavy (non-hydrogen) atoms. The molecule has 0 radical (unpaired) electrons. The van der Waals surface area contributed by atoms with E-state index in [1.807, 2.05) is 6.07 Å². The molecule has 1 heterocycles. The number of rotatable bonds is 1. The lowest BCUT2D eigenvalue weighted by Crippen LogP contribution is -2.25. The number of benzene rings is 1. The maximum Gasteiger partial charge on any atom is 0.416 e. The average molecular weight is 269 g/mol. The van der Waals surface area contributed by atoms with Gasteiger partial charge in [-0.25, -0.2) is 0 Å². The zero-order valence-electron chi connectivity index (χ0n) is 10.7. The predicted octanol–water partition coefficient (Wildman–Crippen LogP) is 3.81. The van der Waals surface area contributed by atoms with E-state index in [9.17, 15) is 13.2 Å². The highest BCUT2D eigenvalue weighted by Crippen LogP contribution is 2.43. The highest BCUT2D eigenvalue weighted by atomic mass is 19.4. The normalized spacial score (nSPS) is 31.2. The van der Waals surface area contributed by atoms with Gasteiger partial charge in [-0.3, -0.25) is 0 Å². The third-order valence-electron chi connectivity index (χ3n) is 4.64. The van der Waals surface area contributed by atoms with Gasteiger partial charge in [0, 0.05) is 0 Å². The SMILES string of the molecule is FC(F)(F)c1cccc([C@H]2CCCC3CNCC32)c1. The van der Waals surface area contributed by atoms with Crippen molar-refractivity contribution in [2.75, 3.05) is 13.1 Å². The molecule has 1 aliphatic heterocycles. The molecule has 2 aliphatic rings. The van der Waals surface area contributed by atoms with Crippen LogP contribution in [0.15, 0.2) is 24.3 Å². The van der Waals surface area contributed by atoms with Gasteiger partial charge in [-0.05, 0) is 55.3 Å². The van der Waals surface area contributed by atoms with Crippen molar-refractivity contribution in [2.24, 2.45) is 11.8 Å². The van der Waals surface area contributed by atoms with Crippen LogP contribution in [0.5, 0.6) is 0 Å². The molecule has 2 fully saturated rings. The van der Waals surface area contributed by atoms with E-state index in [-0.39, 0.29) is 5.92 Å². The second-order valence-electron chi connectivity index (χ2n) is 5.74. The van der Waals surface area contributed by atoms with Gasteiger partial charge in [-0.1, -0.05) is 24.6 Å². The number of halogens is 3. The molecule has 1 aromatic carbocycles. The molecule has 1 aliphatic carbocycles. The molecule has 1 saturated heterocycles. The Bertz CT molecular complexity index is 455. The number of hydrogen-bond acceptors (Lipinski definition) is 1. The Morgan fingerprint density at radius 3 is 2.74 bits per heavy atom. The van der Waals surface area contributed by atoms with Crippen molar-refractivity contribution in [1.82, 2.24) is 5.32 Å². The minimum absolute atomic E-state index is 0.288. The third-order valence-corrected chi connectivity index (χ3v) is 4.64. The van der Waals surface area contributed by atoms with Crippen molar-refractivity contribution >= 4 is 0 Å². The Morgan fingerprint density at radius 1 is 1.11 bits per heavy atom. The summed E-state index contributed by atoms with van der Waals surface area (Å²) in [6.07, 6.45) is -0.876. The number of alkyl halides is 3. The van der Waals surface area contributed by atoms with Crippen molar-refractivity contribution in [3.8, 4) is 0 Å². The Morgan fingerprint density at radius 2 is 1.95 bits per heavy atom. The van der Waals surface area contributed by atoms with Crippen LogP contribution in [-0.2, 0) is 6.18 Å². The topological polar surface area (TPSA) is 12.0 Å². The first kappa shape index (κ1) is 13.0. The second kappa shape index (κ2) is 4.82. The summed E-state index contributed by atoms with van der Waals surface area (Å²) in [6.45, 7) is 1.98. The lowest BCUT2D eigenvalue weighted by Gasteiger charge is -2.33. The smallest absolute Gasteiger partial charge is 0.316 e. The van der Waals surface area contributed by atoms with Crippen LogP contribution in [0.4, 0.5) is 13.2 Å². The van der Waals surface area contributed by atoms with Gasteiger partial charge in [0.2, 0.25) is 0 Å². The molecule has 3 atom stereocenters. The summed E-state index contributed by atoms with van der Waals surface area (Å²) in [7, 11) is 0.